The number of nitrogens with two attached hydrogens (primary N) is 1. The van der Waals surface area contributed by atoms with Gasteiger partial charge in [-0.2, -0.15) is 5.10 Å². The fourth-order valence-electron chi connectivity index (χ4n) is 2.36. The van der Waals surface area contributed by atoms with E-state index in [0.29, 0.717) is 16.5 Å². The summed E-state index contributed by atoms with van der Waals surface area (Å²) >= 11 is 1.42. The number of benzene rings is 3. The molecule has 0 atom stereocenters. The van der Waals surface area contributed by atoms with Gasteiger partial charge in [0.05, 0.1) is 6.21 Å². The average Bonchev–Trinajstić information content (AvgIpc) is 2.75. The minimum Gasteiger partial charge on any atom is -0.489 e. The lowest BCUT2D eigenvalue weighted by Crippen LogP contribution is -2.05. The molecule has 0 unspecified atom stereocenters. The van der Waals surface area contributed by atoms with Gasteiger partial charge in [-0.3, -0.25) is 0 Å². The van der Waals surface area contributed by atoms with Crippen LogP contribution >= 0.6 is 11.8 Å². The Bertz CT molecular complexity index is 993. The van der Waals surface area contributed by atoms with Crippen molar-refractivity contribution in [1.29, 1.82) is 0 Å². The van der Waals surface area contributed by atoms with Crippen LogP contribution in [-0.2, 0) is 12.4 Å². The van der Waals surface area contributed by atoms with Crippen LogP contribution in [0, 0.1) is 11.6 Å². The maximum atomic E-state index is 13.2. The molecular weight excluding hydrogens is 392 g/mol. The number of nitrogens with zero attached hydrogens (tertiary/aromatic N) is 2. The molecule has 7 heteroatoms. The second kappa shape index (κ2) is 10.4. The van der Waals surface area contributed by atoms with E-state index in [4.69, 9.17) is 10.5 Å². The van der Waals surface area contributed by atoms with Crippen molar-refractivity contribution in [2.75, 3.05) is 0 Å². The Morgan fingerprint density at radius 2 is 1.69 bits per heavy atom. The molecule has 0 radical (unpaired) electrons. The number of hydrogen-bond acceptors (Lipinski definition) is 4. The Kier molecular flexibility index (Phi) is 7.35. The molecule has 0 aliphatic heterocycles. The molecule has 2 N–H and O–H groups in total. The van der Waals surface area contributed by atoms with Crippen LogP contribution in [0.5, 0.6) is 5.75 Å². The van der Waals surface area contributed by atoms with Crippen LogP contribution in [0.3, 0.4) is 0 Å². The van der Waals surface area contributed by atoms with Gasteiger partial charge in [-0.15, -0.1) is 5.10 Å². The zero-order chi connectivity index (χ0) is 20.5. The van der Waals surface area contributed by atoms with Gasteiger partial charge in [0, 0.05) is 5.75 Å². The molecule has 3 aromatic rings. The van der Waals surface area contributed by atoms with Crippen molar-refractivity contribution < 1.29 is 13.5 Å². The summed E-state index contributed by atoms with van der Waals surface area (Å²) in [7, 11) is 0. The monoisotopic (exact) mass is 411 g/mol. The summed E-state index contributed by atoms with van der Waals surface area (Å²) in [6.07, 6.45) is 1.59. The molecule has 0 saturated heterocycles. The van der Waals surface area contributed by atoms with Crippen molar-refractivity contribution >= 4 is 23.1 Å². The molecule has 0 heterocycles. The Morgan fingerprint density at radius 3 is 2.41 bits per heavy atom. The summed E-state index contributed by atoms with van der Waals surface area (Å²) in [5, 5.41) is 8.36. The molecule has 0 spiro atoms. The predicted octanol–water partition coefficient (Wildman–Crippen LogP) is 5.13. The molecule has 0 saturated carbocycles. The summed E-state index contributed by atoms with van der Waals surface area (Å²) in [5.41, 5.74) is 8.40. The highest BCUT2D eigenvalue weighted by atomic mass is 32.2. The zero-order valence-corrected chi connectivity index (χ0v) is 16.3. The maximum Gasteiger partial charge on any atom is 0.180 e. The molecule has 0 bridgehead atoms. The lowest BCUT2D eigenvalue weighted by molar-refractivity contribution is 0.305. The van der Waals surface area contributed by atoms with Crippen molar-refractivity contribution in [1.82, 2.24) is 0 Å². The van der Waals surface area contributed by atoms with Crippen LogP contribution in [0.25, 0.3) is 0 Å². The Morgan fingerprint density at radius 1 is 0.931 bits per heavy atom. The lowest BCUT2D eigenvalue weighted by Gasteiger charge is -2.06. The summed E-state index contributed by atoms with van der Waals surface area (Å²) in [6.45, 7) is 0.143. The molecule has 0 fully saturated rings. The van der Waals surface area contributed by atoms with E-state index in [-0.39, 0.29) is 6.61 Å². The van der Waals surface area contributed by atoms with Crippen molar-refractivity contribution in [3.8, 4) is 5.75 Å². The molecule has 0 amide bonds. The molecule has 0 aromatic heterocycles. The number of amidine groups is 1. The summed E-state index contributed by atoms with van der Waals surface area (Å²) in [5.74, 6) is -0.428. The zero-order valence-electron chi connectivity index (χ0n) is 15.5. The first-order valence-electron chi connectivity index (χ1n) is 8.80. The van der Waals surface area contributed by atoms with Gasteiger partial charge in [0.15, 0.2) is 16.8 Å². The molecule has 29 heavy (non-hydrogen) atoms. The van der Waals surface area contributed by atoms with Gasteiger partial charge >= 0.3 is 0 Å². The summed E-state index contributed by atoms with van der Waals surface area (Å²) in [6, 6.07) is 20.8. The Labute approximate surface area is 172 Å². The third kappa shape index (κ3) is 6.73. The molecule has 148 valence electrons. The van der Waals surface area contributed by atoms with Crippen LogP contribution in [0.2, 0.25) is 0 Å². The summed E-state index contributed by atoms with van der Waals surface area (Å²) in [4.78, 5) is 0. The highest BCUT2D eigenvalue weighted by molar-refractivity contribution is 8.13. The number of halogens is 2. The lowest BCUT2D eigenvalue weighted by atomic mass is 10.2. The first-order valence-corrected chi connectivity index (χ1v) is 9.79. The largest absolute Gasteiger partial charge is 0.489 e. The molecule has 3 aromatic carbocycles. The van der Waals surface area contributed by atoms with Crippen LogP contribution in [-0.4, -0.2) is 11.4 Å². The second-order valence-corrected chi connectivity index (χ2v) is 7.06. The minimum atomic E-state index is -0.889. The van der Waals surface area contributed by atoms with Crippen molar-refractivity contribution in [3.63, 3.8) is 0 Å². The van der Waals surface area contributed by atoms with Gasteiger partial charge in [0.1, 0.15) is 12.4 Å². The first-order chi connectivity index (χ1) is 14.1. The third-order valence-electron chi connectivity index (χ3n) is 3.86. The van der Waals surface area contributed by atoms with Crippen molar-refractivity contribution in [2.45, 2.75) is 12.4 Å². The van der Waals surface area contributed by atoms with Crippen LogP contribution in [0.15, 0.2) is 83.0 Å². The van der Waals surface area contributed by atoms with Gasteiger partial charge in [-0.1, -0.05) is 48.2 Å². The highest BCUT2D eigenvalue weighted by Crippen LogP contribution is 2.15. The van der Waals surface area contributed by atoms with Gasteiger partial charge in [-0.25, -0.2) is 8.78 Å². The van der Waals surface area contributed by atoms with E-state index in [1.54, 1.807) is 18.3 Å². The molecular formula is C22H19F2N3OS. The maximum absolute atomic E-state index is 13.2. The molecule has 4 nitrogen and oxygen atoms in total. The number of rotatable bonds is 7. The Hall–Kier alpha value is -3.19. The predicted molar refractivity (Wildman–Crippen MR) is 114 cm³/mol. The summed E-state index contributed by atoms with van der Waals surface area (Å²) < 4.78 is 31.7. The quantitative estimate of drug-likeness (QED) is 0.333. The van der Waals surface area contributed by atoms with E-state index in [1.807, 2.05) is 42.5 Å². The van der Waals surface area contributed by atoms with Crippen LogP contribution in [0.1, 0.15) is 16.7 Å². The van der Waals surface area contributed by atoms with Gasteiger partial charge in [0.2, 0.25) is 0 Å². The van der Waals surface area contributed by atoms with E-state index in [1.165, 1.54) is 23.4 Å². The molecule has 0 aliphatic rings. The number of hydrogen-bond donors (Lipinski definition) is 1. The normalized spacial score (nSPS) is 11.7. The number of thioether (sulfide) groups is 1. The minimum absolute atomic E-state index is 0.143. The van der Waals surface area contributed by atoms with E-state index >= 15 is 0 Å². The second-order valence-electron chi connectivity index (χ2n) is 6.06. The van der Waals surface area contributed by atoms with Crippen LogP contribution < -0.4 is 10.5 Å². The first kappa shape index (κ1) is 20.5. The molecule has 3 rings (SSSR count). The van der Waals surface area contributed by atoms with E-state index in [0.717, 1.165) is 23.4 Å². The standard InChI is InChI=1S/C22H19F2N3OS/c23-20-11-8-18(12-21(20)24)14-28-19-9-6-16(7-10-19)13-26-27-22(25)29-15-17-4-2-1-3-5-17/h1-13H,14-15H2,(H2,25,27). The van der Waals surface area contributed by atoms with Gasteiger partial charge in [-0.05, 0) is 53.1 Å². The van der Waals surface area contributed by atoms with E-state index < -0.39 is 11.6 Å². The van der Waals surface area contributed by atoms with Gasteiger partial charge in [0.25, 0.3) is 0 Å². The van der Waals surface area contributed by atoms with Crippen molar-refractivity contribution in [3.05, 3.63) is 101 Å². The SMILES string of the molecule is NC(=NN=Cc1ccc(OCc2ccc(F)c(F)c2)cc1)SCc1ccccc1. The van der Waals surface area contributed by atoms with Crippen molar-refractivity contribution in [2.24, 2.45) is 15.9 Å². The third-order valence-corrected chi connectivity index (χ3v) is 4.72. The van der Waals surface area contributed by atoms with E-state index in [2.05, 4.69) is 10.2 Å². The number of ether oxygens (including phenoxy) is 1. The fourth-order valence-corrected chi connectivity index (χ4v) is 2.97. The smallest absolute Gasteiger partial charge is 0.180 e. The van der Waals surface area contributed by atoms with Crippen LogP contribution in [0.4, 0.5) is 8.78 Å². The Balaban J connectivity index is 1.48. The average molecular weight is 411 g/mol. The molecule has 0 aliphatic carbocycles. The fraction of sp³-hybridized carbons (Fsp3) is 0.0909. The van der Waals surface area contributed by atoms with Gasteiger partial charge < -0.3 is 10.5 Å². The highest BCUT2D eigenvalue weighted by Gasteiger charge is 2.03. The topological polar surface area (TPSA) is 60.0 Å². The van der Waals surface area contributed by atoms with E-state index in [9.17, 15) is 8.78 Å².